The van der Waals surface area contributed by atoms with Crippen LogP contribution < -0.4 is 5.32 Å². The fraction of sp³-hybridized carbons (Fsp3) is 0.389. The van der Waals surface area contributed by atoms with Crippen molar-refractivity contribution >= 4 is 11.9 Å². The molecule has 1 aromatic heterocycles. The average molecular weight is 323 g/mol. The molecule has 2 aliphatic rings. The number of benzene rings is 1. The van der Waals surface area contributed by atoms with Gasteiger partial charge in [0.15, 0.2) is 0 Å². The van der Waals surface area contributed by atoms with E-state index in [4.69, 9.17) is 0 Å². The second kappa shape index (κ2) is 6.11. The van der Waals surface area contributed by atoms with Crippen LogP contribution >= 0.6 is 0 Å². The van der Waals surface area contributed by atoms with E-state index in [1.165, 1.54) is 12.7 Å². The minimum atomic E-state index is -0.237. The summed E-state index contributed by atoms with van der Waals surface area (Å²) in [7, 11) is 0. The van der Waals surface area contributed by atoms with Crippen molar-refractivity contribution in [3.8, 4) is 0 Å². The Labute approximate surface area is 141 Å². The molecule has 1 saturated heterocycles. The van der Waals surface area contributed by atoms with E-state index < -0.39 is 0 Å². The van der Waals surface area contributed by atoms with E-state index in [2.05, 4.69) is 15.4 Å². The van der Waals surface area contributed by atoms with E-state index in [0.717, 1.165) is 42.8 Å². The summed E-state index contributed by atoms with van der Waals surface area (Å²) >= 11 is 0. The molecule has 1 amide bonds. The van der Waals surface area contributed by atoms with Gasteiger partial charge >= 0.3 is 0 Å². The van der Waals surface area contributed by atoms with Crippen molar-refractivity contribution in [3.05, 3.63) is 53.5 Å². The number of likely N-dealkylation sites (tertiary alicyclic amines) is 1. The van der Waals surface area contributed by atoms with Gasteiger partial charge < -0.3 is 10.2 Å². The standard InChI is InChI=1S/C18H21N5O/c1-13-15(17(24)22-10-6-3-7-11-22)16(14-8-4-2-5-9-14)23-18(21-13)19-12-20-23/h2,4-5,8-9,12,16H,3,6-7,10-11H2,1H3,(H,19,20,21)/t16-/m0/s1. The second-order valence-corrected chi connectivity index (χ2v) is 6.36. The number of nitrogens with one attached hydrogen (secondary N) is 1. The Morgan fingerprint density at radius 2 is 1.92 bits per heavy atom. The SMILES string of the molecule is CC1=C(C(=O)N2CCCCC2)[C@H](c2ccccc2)n2ncnc2N1. The van der Waals surface area contributed by atoms with Crippen LogP contribution in [0.15, 0.2) is 47.9 Å². The first-order valence-corrected chi connectivity index (χ1v) is 8.47. The molecule has 124 valence electrons. The zero-order chi connectivity index (χ0) is 16.5. The summed E-state index contributed by atoms with van der Waals surface area (Å²) in [5.41, 5.74) is 2.67. The number of hydrogen-bond acceptors (Lipinski definition) is 4. The van der Waals surface area contributed by atoms with E-state index in [1.807, 2.05) is 42.2 Å². The molecule has 1 N–H and O–H groups in total. The zero-order valence-electron chi connectivity index (χ0n) is 13.8. The first-order valence-electron chi connectivity index (χ1n) is 8.47. The lowest BCUT2D eigenvalue weighted by Crippen LogP contribution is -2.40. The maximum atomic E-state index is 13.2. The quantitative estimate of drug-likeness (QED) is 0.923. The van der Waals surface area contributed by atoms with E-state index in [-0.39, 0.29) is 11.9 Å². The fourth-order valence-electron chi connectivity index (χ4n) is 3.58. The van der Waals surface area contributed by atoms with Crippen LogP contribution in [0.3, 0.4) is 0 Å². The number of amides is 1. The third kappa shape index (κ3) is 2.48. The summed E-state index contributed by atoms with van der Waals surface area (Å²) in [6.07, 6.45) is 4.89. The third-order valence-electron chi connectivity index (χ3n) is 4.78. The smallest absolute Gasteiger partial charge is 0.254 e. The van der Waals surface area contributed by atoms with Gasteiger partial charge in [0.25, 0.3) is 5.91 Å². The molecule has 1 atom stereocenters. The van der Waals surface area contributed by atoms with Crippen molar-refractivity contribution < 1.29 is 4.79 Å². The molecule has 0 unspecified atom stereocenters. The number of anilines is 1. The first-order chi connectivity index (χ1) is 11.8. The van der Waals surface area contributed by atoms with Crippen LogP contribution in [-0.4, -0.2) is 38.7 Å². The highest BCUT2D eigenvalue weighted by atomic mass is 16.2. The summed E-state index contributed by atoms with van der Waals surface area (Å²) in [4.78, 5) is 19.5. The molecule has 0 aliphatic carbocycles. The number of fused-ring (bicyclic) bond motifs is 1. The van der Waals surface area contributed by atoms with Gasteiger partial charge in [-0.25, -0.2) is 4.68 Å². The van der Waals surface area contributed by atoms with Gasteiger partial charge in [-0.05, 0) is 31.7 Å². The van der Waals surface area contributed by atoms with Crippen molar-refractivity contribution in [1.29, 1.82) is 0 Å². The summed E-state index contributed by atoms with van der Waals surface area (Å²) < 4.78 is 1.81. The monoisotopic (exact) mass is 323 g/mol. The molecule has 0 saturated carbocycles. The number of carbonyl (C=O) groups is 1. The summed E-state index contributed by atoms with van der Waals surface area (Å²) in [6.45, 7) is 3.62. The predicted octanol–water partition coefficient (Wildman–Crippen LogP) is 2.58. The topological polar surface area (TPSA) is 63.1 Å². The molecule has 0 spiro atoms. The number of piperidine rings is 1. The van der Waals surface area contributed by atoms with Gasteiger partial charge in [0.2, 0.25) is 5.95 Å². The fourth-order valence-corrected chi connectivity index (χ4v) is 3.58. The molecule has 6 heteroatoms. The van der Waals surface area contributed by atoms with Gasteiger partial charge in [-0.15, -0.1) is 0 Å². The van der Waals surface area contributed by atoms with Gasteiger partial charge in [-0.3, -0.25) is 4.79 Å². The van der Waals surface area contributed by atoms with E-state index >= 15 is 0 Å². The Bertz CT molecular complexity index is 774. The molecule has 0 radical (unpaired) electrons. The number of allylic oxidation sites excluding steroid dienone is 1. The lowest BCUT2D eigenvalue weighted by molar-refractivity contribution is -0.128. The van der Waals surface area contributed by atoms with Crippen LogP contribution in [0, 0.1) is 0 Å². The molecule has 6 nitrogen and oxygen atoms in total. The van der Waals surface area contributed by atoms with Gasteiger partial charge in [0.05, 0.1) is 5.57 Å². The lowest BCUT2D eigenvalue weighted by Gasteiger charge is -2.33. The Hall–Kier alpha value is -2.63. The van der Waals surface area contributed by atoms with Gasteiger partial charge in [0.1, 0.15) is 12.4 Å². The maximum Gasteiger partial charge on any atom is 0.254 e. The molecule has 2 aliphatic heterocycles. The normalized spacial score (nSPS) is 20.5. The van der Waals surface area contributed by atoms with Crippen LogP contribution in [0.5, 0.6) is 0 Å². The summed E-state index contributed by atoms with van der Waals surface area (Å²) in [5.74, 6) is 0.784. The Morgan fingerprint density at radius 1 is 1.17 bits per heavy atom. The van der Waals surface area contributed by atoms with Gasteiger partial charge in [-0.2, -0.15) is 10.1 Å². The summed E-state index contributed by atoms with van der Waals surface area (Å²) in [6, 6.07) is 9.81. The van der Waals surface area contributed by atoms with Crippen LogP contribution in [0.4, 0.5) is 5.95 Å². The van der Waals surface area contributed by atoms with Gasteiger partial charge in [0, 0.05) is 18.8 Å². The zero-order valence-corrected chi connectivity index (χ0v) is 13.8. The molecule has 1 fully saturated rings. The lowest BCUT2D eigenvalue weighted by atomic mass is 9.94. The molecule has 2 aromatic rings. The number of aromatic nitrogens is 3. The predicted molar refractivity (Wildman–Crippen MR) is 91.4 cm³/mol. The van der Waals surface area contributed by atoms with Crippen LogP contribution in [0.2, 0.25) is 0 Å². The molecule has 0 bridgehead atoms. The third-order valence-corrected chi connectivity index (χ3v) is 4.78. The molecule has 4 rings (SSSR count). The van der Waals surface area contributed by atoms with Crippen LogP contribution in [-0.2, 0) is 4.79 Å². The highest BCUT2D eigenvalue weighted by Gasteiger charge is 2.35. The molecule has 1 aromatic carbocycles. The van der Waals surface area contributed by atoms with Crippen LogP contribution in [0.25, 0.3) is 0 Å². The highest BCUT2D eigenvalue weighted by Crippen LogP contribution is 2.35. The minimum Gasteiger partial charge on any atom is -0.339 e. The Morgan fingerprint density at radius 3 is 2.67 bits per heavy atom. The van der Waals surface area contributed by atoms with Crippen molar-refractivity contribution in [2.45, 2.75) is 32.2 Å². The van der Waals surface area contributed by atoms with Crippen molar-refractivity contribution in [1.82, 2.24) is 19.7 Å². The minimum absolute atomic E-state index is 0.106. The van der Waals surface area contributed by atoms with Crippen LogP contribution in [0.1, 0.15) is 37.8 Å². The molecule has 3 heterocycles. The Balaban J connectivity index is 1.78. The van der Waals surface area contributed by atoms with E-state index in [9.17, 15) is 4.79 Å². The van der Waals surface area contributed by atoms with E-state index in [0.29, 0.717) is 5.95 Å². The largest absolute Gasteiger partial charge is 0.339 e. The number of nitrogens with zero attached hydrogens (tertiary/aromatic N) is 4. The van der Waals surface area contributed by atoms with Crippen molar-refractivity contribution in [3.63, 3.8) is 0 Å². The molecule has 24 heavy (non-hydrogen) atoms. The van der Waals surface area contributed by atoms with Crippen molar-refractivity contribution in [2.75, 3.05) is 18.4 Å². The average Bonchev–Trinajstić information content (AvgIpc) is 3.09. The maximum absolute atomic E-state index is 13.2. The van der Waals surface area contributed by atoms with Gasteiger partial charge in [-0.1, -0.05) is 30.3 Å². The second-order valence-electron chi connectivity index (χ2n) is 6.36. The number of rotatable bonds is 2. The first kappa shape index (κ1) is 14.9. The Kier molecular flexibility index (Phi) is 3.80. The highest BCUT2D eigenvalue weighted by molar-refractivity contribution is 5.96. The summed E-state index contributed by atoms with van der Waals surface area (Å²) in [5, 5.41) is 7.60. The van der Waals surface area contributed by atoms with E-state index in [1.54, 1.807) is 4.68 Å². The number of hydrogen-bond donors (Lipinski definition) is 1. The van der Waals surface area contributed by atoms with Crippen molar-refractivity contribution in [2.24, 2.45) is 0 Å². The number of carbonyl (C=O) groups excluding carboxylic acids is 1. The molecular formula is C18H21N5O. The molecular weight excluding hydrogens is 302 g/mol.